The summed E-state index contributed by atoms with van der Waals surface area (Å²) in [4.78, 5) is 13.8. The summed E-state index contributed by atoms with van der Waals surface area (Å²) in [7, 11) is 0. The maximum atomic E-state index is 4.60. The van der Waals surface area contributed by atoms with Gasteiger partial charge in [-0.05, 0) is 67.3 Å². The van der Waals surface area contributed by atoms with Crippen molar-refractivity contribution in [2.75, 3.05) is 16.0 Å². The zero-order chi connectivity index (χ0) is 21.6. The van der Waals surface area contributed by atoms with E-state index >= 15 is 0 Å². The Morgan fingerprint density at radius 2 is 1.13 bits per heavy atom. The van der Waals surface area contributed by atoms with E-state index in [2.05, 4.69) is 82.0 Å². The number of benzene rings is 3. The standard InChI is InChI=1S/C25H26N6/c1-4-19-11-5-6-14-22(19)28-25-30-23(26-20-12-7-9-17(2)15-20)29-24(31-25)27-21-13-8-10-18(3)16-21/h5-16H,4H2,1-3H3,(H3,26,27,28,29,30,31). The van der Waals surface area contributed by atoms with E-state index in [9.17, 15) is 0 Å². The Labute approximate surface area is 182 Å². The van der Waals surface area contributed by atoms with Gasteiger partial charge in [-0.1, -0.05) is 49.4 Å². The average molecular weight is 411 g/mol. The van der Waals surface area contributed by atoms with Crippen LogP contribution in [0, 0.1) is 13.8 Å². The molecule has 0 aliphatic rings. The summed E-state index contributed by atoms with van der Waals surface area (Å²) in [5.41, 5.74) is 6.35. The van der Waals surface area contributed by atoms with Gasteiger partial charge in [0, 0.05) is 17.1 Å². The molecule has 0 saturated carbocycles. The van der Waals surface area contributed by atoms with Gasteiger partial charge < -0.3 is 16.0 Å². The van der Waals surface area contributed by atoms with Gasteiger partial charge in [0.1, 0.15) is 0 Å². The molecule has 0 aliphatic carbocycles. The summed E-state index contributed by atoms with van der Waals surface area (Å²) in [5.74, 6) is 1.40. The van der Waals surface area contributed by atoms with E-state index < -0.39 is 0 Å². The summed E-state index contributed by atoms with van der Waals surface area (Å²) in [6.07, 6.45) is 0.914. The van der Waals surface area contributed by atoms with Gasteiger partial charge in [-0.3, -0.25) is 0 Å². The quantitative estimate of drug-likeness (QED) is 0.333. The Kier molecular flexibility index (Phi) is 6.08. The molecule has 1 aromatic heterocycles. The summed E-state index contributed by atoms with van der Waals surface area (Å²) < 4.78 is 0. The summed E-state index contributed by atoms with van der Waals surface area (Å²) in [6.45, 7) is 6.24. The van der Waals surface area contributed by atoms with Crippen molar-refractivity contribution in [3.63, 3.8) is 0 Å². The Balaban J connectivity index is 1.68. The molecular formula is C25H26N6. The number of rotatable bonds is 7. The van der Waals surface area contributed by atoms with Crippen LogP contribution in [-0.4, -0.2) is 15.0 Å². The lowest BCUT2D eigenvalue weighted by Crippen LogP contribution is -2.08. The van der Waals surface area contributed by atoms with E-state index in [4.69, 9.17) is 0 Å². The van der Waals surface area contributed by atoms with Gasteiger partial charge in [-0.15, -0.1) is 0 Å². The lowest BCUT2D eigenvalue weighted by Gasteiger charge is -2.13. The predicted octanol–water partition coefficient (Wildman–Crippen LogP) is 6.28. The lowest BCUT2D eigenvalue weighted by molar-refractivity contribution is 1.06. The van der Waals surface area contributed by atoms with Gasteiger partial charge in [-0.25, -0.2) is 0 Å². The minimum absolute atomic E-state index is 0.465. The minimum atomic E-state index is 0.465. The van der Waals surface area contributed by atoms with Crippen molar-refractivity contribution in [2.24, 2.45) is 0 Å². The highest BCUT2D eigenvalue weighted by molar-refractivity contribution is 5.64. The van der Waals surface area contributed by atoms with Crippen LogP contribution < -0.4 is 16.0 Å². The number of aryl methyl sites for hydroxylation is 3. The fourth-order valence-electron chi connectivity index (χ4n) is 3.32. The zero-order valence-corrected chi connectivity index (χ0v) is 18.0. The van der Waals surface area contributed by atoms with Crippen LogP contribution in [0.15, 0.2) is 72.8 Å². The Bertz CT molecular complexity index is 1120. The van der Waals surface area contributed by atoms with Crippen LogP contribution in [-0.2, 0) is 6.42 Å². The third kappa shape index (κ3) is 5.36. The van der Waals surface area contributed by atoms with Crippen molar-refractivity contribution >= 4 is 34.9 Å². The highest BCUT2D eigenvalue weighted by atomic mass is 15.3. The second-order valence-corrected chi connectivity index (χ2v) is 7.43. The molecule has 0 saturated heterocycles. The van der Waals surface area contributed by atoms with Gasteiger partial charge >= 0.3 is 0 Å². The topological polar surface area (TPSA) is 74.8 Å². The van der Waals surface area contributed by atoms with Crippen LogP contribution >= 0.6 is 0 Å². The first kappa shape index (κ1) is 20.3. The number of para-hydroxylation sites is 1. The van der Waals surface area contributed by atoms with E-state index in [1.165, 1.54) is 5.56 Å². The predicted molar refractivity (Wildman–Crippen MR) is 128 cm³/mol. The molecule has 0 atom stereocenters. The van der Waals surface area contributed by atoms with Gasteiger partial charge in [0.05, 0.1) is 0 Å². The number of hydrogen-bond donors (Lipinski definition) is 3. The molecule has 4 aromatic rings. The molecule has 0 amide bonds. The first-order valence-electron chi connectivity index (χ1n) is 10.4. The second-order valence-electron chi connectivity index (χ2n) is 7.43. The molecular weight excluding hydrogens is 384 g/mol. The van der Waals surface area contributed by atoms with Crippen molar-refractivity contribution in [3.05, 3.63) is 89.5 Å². The van der Waals surface area contributed by atoms with Crippen molar-refractivity contribution in [2.45, 2.75) is 27.2 Å². The van der Waals surface area contributed by atoms with Gasteiger partial charge in [0.2, 0.25) is 17.8 Å². The van der Waals surface area contributed by atoms with E-state index in [-0.39, 0.29) is 0 Å². The number of nitrogens with one attached hydrogen (secondary N) is 3. The molecule has 0 spiro atoms. The molecule has 0 radical (unpaired) electrons. The molecule has 0 unspecified atom stereocenters. The number of nitrogens with zero attached hydrogens (tertiary/aromatic N) is 3. The number of hydrogen-bond acceptors (Lipinski definition) is 6. The number of aromatic nitrogens is 3. The maximum absolute atomic E-state index is 4.60. The Morgan fingerprint density at radius 1 is 0.613 bits per heavy atom. The third-order valence-electron chi connectivity index (χ3n) is 4.83. The van der Waals surface area contributed by atoms with E-state index in [0.717, 1.165) is 34.6 Å². The maximum Gasteiger partial charge on any atom is 0.233 e. The molecule has 0 aliphatic heterocycles. The van der Waals surface area contributed by atoms with Crippen molar-refractivity contribution in [1.29, 1.82) is 0 Å². The average Bonchev–Trinajstić information content (AvgIpc) is 2.74. The summed E-state index contributed by atoms with van der Waals surface area (Å²) in [6, 6.07) is 24.4. The van der Waals surface area contributed by atoms with Gasteiger partial charge in [0.15, 0.2) is 0 Å². The Morgan fingerprint density at radius 3 is 1.65 bits per heavy atom. The van der Waals surface area contributed by atoms with Crippen LogP contribution in [0.25, 0.3) is 0 Å². The largest absolute Gasteiger partial charge is 0.324 e. The van der Waals surface area contributed by atoms with Crippen molar-refractivity contribution in [1.82, 2.24) is 15.0 Å². The molecule has 6 heteroatoms. The summed E-state index contributed by atoms with van der Waals surface area (Å²) >= 11 is 0. The normalized spacial score (nSPS) is 10.5. The molecule has 1 heterocycles. The van der Waals surface area contributed by atoms with E-state index in [1.54, 1.807) is 0 Å². The van der Waals surface area contributed by atoms with Crippen LogP contribution in [0.4, 0.5) is 34.9 Å². The zero-order valence-electron chi connectivity index (χ0n) is 18.0. The van der Waals surface area contributed by atoms with Crippen LogP contribution in [0.2, 0.25) is 0 Å². The molecule has 6 nitrogen and oxygen atoms in total. The van der Waals surface area contributed by atoms with Gasteiger partial charge in [-0.2, -0.15) is 15.0 Å². The molecule has 0 bridgehead atoms. The third-order valence-corrected chi connectivity index (χ3v) is 4.83. The fraction of sp³-hybridized carbons (Fsp3) is 0.160. The molecule has 3 aromatic carbocycles. The highest BCUT2D eigenvalue weighted by Crippen LogP contribution is 2.23. The SMILES string of the molecule is CCc1ccccc1Nc1nc(Nc2cccc(C)c2)nc(Nc2cccc(C)c2)n1. The molecule has 0 fully saturated rings. The second kappa shape index (κ2) is 9.26. The smallest absolute Gasteiger partial charge is 0.233 e. The van der Waals surface area contributed by atoms with Crippen molar-refractivity contribution < 1.29 is 0 Å². The molecule has 31 heavy (non-hydrogen) atoms. The summed E-state index contributed by atoms with van der Waals surface area (Å²) in [5, 5.41) is 9.95. The molecule has 156 valence electrons. The van der Waals surface area contributed by atoms with Crippen LogP contribution in [0.1, 0.15) is 23.6 Å². The first-order valence-corrected chi connectivity index (χ1v) is 10.4. The first-order chi connectivity index (χ1) is 15.1. The molecule has 4 rings (SSSR count). The molecule has 3 N–H and O–H groups in total. The highest BCUT2D eigenvalue weighted by Gasteiger charge is 2.10. The van der Waals surface area contributed by atoms with Gasteiger partial charge in [0.25, 0.3) is 0 Å². The Hall–Kier alpha value is -3.93. The van der Waals surface area contributed by atoms with Crippen molar-refractivity contribution in [3.8, 4) is 0 Å². The lowest BCUT2D eigenvalue weighted by atomic mass is 10.1. The fourth-order valence-corrected chi connectivity index (χ4v) is 3.32. The van der Waals surface area contributed by atoms with Crippen LogP contribution in [0.5, 0.6) is 0 Å². The van der Waals surface area contributed by atoms with E-state index in [1.807, 2.05) is 42.5 Å². The minimum Gasteiger partial charge on any atom is -0.324 e. The van der Waals surface area contributed by atoms with E-state index in [0.29, 0.717) is 17.8 Å². The number of anilines is 6. The van der Waals surface area contributed by atoms with Crippen LogP contribution in [0.3, 0.4) is 0 Å². The monoisotopic (exact) mass is 410 g/mol.